The largest absolute Gasteiger partial charge is 0.465 e. The molecule has 1 aromatic carbocycles. The van der Waals surface area contributed by atoms with Crippen molar-refractivity contribution in [2.45, 2.75) is 0 Å². The molecule has 86 valence electrons. The van der Waals surface area contributed by atoms with Gasteiger partial charge in [-0.3, -0.25) is 4.79 Å². The summed E-state index contributed by atoms with van der Waals surface area (Å²) in [6.07, 6.45) is -1.06. The zero-order valence-electron chi connectivity index (χ0n) is 8.64. The van der Waals surface area contributed by atoms with E-state index in [9.17, 15) is 9.59 Å². The van der Waals surface area contributed by atoms with Gasteiger partial charge < -0.3 is 10.4 Å². The van der Waals surface area contributed by atoms with E-state index in [4.69, 9.17) is 5.11 Å². The number of carbonyl (C=O) groups is 2. The third-order valence-corrected chi connectivity index (χ3v) is 3.87. The first-order valence-corrected chi connectivity index (χ1v) is 5.80. The Morgan fingerprint density at radius 2 is 2.18 bits per heavy atom. The molecule has 0 saturated heterocycles. The average molecular weight is 248 g/mol. The summed E-state index contributed by atoms with van der Waals surface area (Å²) < 4.78 is 0.917. The van der Waals surface area contributed by atoms with Gasteiger partial charge in [-0.2, -0.15) is 0 Å². The van der Waals surface area contributed by atoms with Crippen molar-refractivity contribution < 1.29 is 14.7 Å². The van der Waals surface area contributed by atoms with Gasteiger partial charge in [-0.25, -0.2) is 9.69 Å². The van der Waals surface area contributed by atoms with Crippen LogP contribution in [0, 0.1) is 0 Å². The van der Waals surface area contributed by atoms with Gasteiger partial charge in [-0.05, 0) is 6.07 Å². The lowest BCUT2D eigenvalue weighted by Gasteiger charge is -2.23. The van der Waals surface area contributed by atoms with Crippen LogP contribution in [-0.4, -0.2) is 23.8 Å². The molecule has 17 heavy (non-hydrogen) atoms. The number of hydrogen-bond acceptors (Lipinski definition) is 3. The Balaban J connectivity index is 2.32. The number of nitrogens with zero attached hydrogens (tertiary/aromatic N) is 1. The van der Waals surface area contributed by atoms with Crippen LogP contribution in [0.3, 0.4) is 0 Å². The normalized spacial score (nSPS) is 14.6. The summed E-state index contributed by atoms with van der Waals surface area (Å²) >= 11 is 1.32. The predicted octanol–water partition coefficient (Wildman–Crippen LogP) is 2.09. The van der Waals surface area contributed by atoms with Crippen LogP contribution >= 0.6 is 11.3 Å². The van der Waals surface area contributed by atoms with Gasteiger partial charge in [0.15, 0.2) is 0 Å². The smallest absolute Gasteiger partial charge is 0.413 e. The van der Waals surface area contributed by atoms with E-state index in [1.807, 2.05) is 24.3 Å². The van der Waals surface area contributed by atoms with Crippen LogP contribution in [0.2, 0.25) is 0 Å². The van der Waals surface area contributed by atoms with E-state index in [0.29, 0.717) is 10.6 Å². The highest BCUT2D eigenvalue weighted by Crippen LogP contribution is 2.39. The fourth-order valence-electron chi connectivity index (χ4n) is 1.91. The van der Waals surface area contributed by atoms with Gasteiger partial charge in [-0.15, -0.1) is 11.3 Å². The highest BCUT2D eigenvalue weighted by atomic mass is 32.1. The molecular formula is C11H8N2O3S. The number of thiophene rings is 1. The Morgan fingerprint density at radius 1 is 1.41 bits per heavy atom. The molecule has 0 fully saturated rings. The summed E-state index contributed by atoms with van der Waals surface area (Å²) in [5.74, 6) is -0.213. The highest BCUT2D eigenvalue weighted by Gasteiger charge is 2.30. The zero-order valence-corrected chi connectivity index (χ0v) is 9.45. The van der Waals surface area contributed by atoms with Crippen molar-refractivity contribution in [2.75, 3.05) is 11.6 Å². The van der Waals surface area contributed by atoms with Gasteiger partial charge >= 0.3 is 6.09 Å². The van der Waals surface area contributed by atoms with Crippen molar-refractivity contribution in [1.82, 2.24) is 5.32 Å². The van der Waals surface area contributed by atoms with Crippen molar-refractivity contribution in [2.24, 2.45) is 0 Å². The quantitative estimate of drug-likeness (QED) is 0.750. The van der Waals surface area contributed by atoms with Crippen molar-refractivity contribution in [1.29, 1.82) is 0 Å². The first-order valence-electron chi connectivity index (χ1n) is 4.98. The number of anilines is 1. The van der Waals surface area contributed by atoms with Crippen LogP contribution in [0.4, 0.5) is 9.80 Å². The molecule has 2 heterocycles. The molecule has 1 aliphatic heterocycles. The van der Waals surface area contributed by atoms with E-state index in [-0.39, 0.29) is 12.6 Å². The molecule has 0 spiro atoms. The lowest BCUT2D eigenvalue weighted by Crippen LogP contribution is -2.45. The average Bonchev–Trinajstić information content (AvgIpc) is 2.68. The number of hydrogen-bond donors (Lipinski definition) is 2. The van der Waals surface area contributed by atoms with Crippen LogP contribution in [0.1, 0.15) is 10.4 Å². The minimum atomic E-state index is -1.06. The Hall–Kier alpha value is -2.08. The maximum absolute atomic E-state index is 11.8. The van der Waals surface area contributed by atoms with Crippen LogP contribution in [-0.2, 0) is 0 Å². The number of amides is 2. The van der Waals surface area contributed by atoms with Crippen LogP contribution in [0.15, 0.2) is 24.3 Å². The Labute approximate surface area is 100 Å². The van der Waals surface area contributed by atoms with Crippen molar-refractivity contribution in [3.05, 3.63) is 29.8 Å². The standard InChI is InChI=1S/C11H8N2O3S/c14-9-8-6-3-1-2-4-7(6)17-10(8)13(5-12-9)11(15)16/h1-4H,5H2,(H,12,14)(H,15,16). The monoisotopic (exact) mass is 248 g/mol. The molecule has 2 N–H and O–H groups in total. The van der Waals surface area contributed by atoms with E-state index < -0.39 is 6.09 Å². The van der Waals surface area contributed by atoms with Crippen LogP contribution < -0.4 is 10.2 Å². The summed E-state index contributed by atoms with van der Waals surface area (Å²) in [7, 11) is 0. The third-order valence-electron chi connectivity index (χ3n) is 2.68. The van der Waals surface area contributed by atoms with Gasteiger partial charge in [0.25, 0.3) is 5.91 Å². The number of carbonyl (C=O) groups excluding carboxylic acids is 1. The summed E-state index contributed by atoms with van der Waals surface area (Å²) in [6, 6.07) is 7.41. The fraction of sp³-hybridized carbons (Fsp3) is 0.0909. The molecule has 0 unspecified atom stereocenters. The second kappa shape index (κ2) is 3.46. The first-order chi connectivity index (χ1) is 8.18. The molecule has 6 heteroatoms. The number of fused-ring (bicyclic) bond motifs is 3. The van der Waals surface area contributed by atoms with Gasteiger partial charge in [0, 0.05) is 10.1 Å². The molecule has 2 amide bonds. The van der Waals surface area contributed by atoms with Crippen LogP contribution in [0.25, 0.3) is 10.1 Å². The summed E-state index contributed by atoms with van der Waals surface area (Å²) in [5.41, 5.74) is 0.458. The molecule has 0 bridgehead atoms. The molecule has 0 aliphatic carbocycles. The number of carboxylic acid groups (broad SMARTS) is 1. The van der Waals surface area contributed by atoms with E-state index in [1.54, 1.807) is 0 Å². The van der Waals surface area contributed by atoms with E-state index in [1.165, 1.54) is 11.3 Å². The molecule has 0 radical (unpaired) electrons. The molecule has 0 atom stereocenters. The van der Waals surface area contributed by atoms with Crippen LogP contribution in [0.5, 0.6) is 0 Å². The fourth-order valence-corrected chi connectivity index (χ4v) is 3.10. The molecule has 1 aromatic heterocycles. The number of rotatable bonds is 0. The Kier molecular flexibility index (Phi) is 2.05. The second-order valence-corrected chi connectivity index (χ2v) is 4.68. The van der Waals surface area contributed by atoms with E-state index in [2.05, 4.69) is 5.32 Å². The molecule has 5 nitrogen and oxygen atoms in total. The predicted molar refractivity (Wildman–Crippen MR) is 64.7 cm³/mol. The first kappa shape index (κ1) is 10.1. The maximum atomic E-state index is 11.8. The SMILES string of the molecule is O=C1NCN(C(=O)O)c2sc3ccccc3c21. The molecule has 0 saturated carbocycles. The highest BCUT2D eigenvalue weighted by molar-refractivity contribution is 7.23. The minimum absolute atomic E-state index is 0.00793. The van der Waals surface area contributed by atoms with E-state index >= 15 is 0 Å². The van der Waals surface area contributed by atoms with Crippen molar-refractivity contribution in [3.8, 4) is 0 Å². The van der Waals surface area contributed by atoms with Gasteiger partial charge in [0.1, 0.15) is 11.7 Å². The zero-order chi connectivity index (χ0) is 12.0. The Morgan fingerprint density at radius 3 is 2.94 bits per heavy atom. The lowest BCUT2D eigenvalue weighted by atomic mass is 10.1. The maximum Gasteiger partial charge on any atom is 0.413 e. The molecule has 1 aliphatic rings. The lowest BCUT2D eigenvalue weighted by molar-refractivity contribution is 0.0950. The second-order valence-electron chi connectivity index (χ2n) is 3.65. The summed E-state index contributed by atoms with van der Waals surface area (Å²) in [6.45, 7) is 0.00793. The number of benzene rings is 1. The van der Waals surface area contributed by atoms with Crippen molar-refractivity contribution >= 4 is 38.4 Å². The van der Waals surface area contributed by atoms with Gasteiger partial charge in [0.2, 0.25) is 0 Å². The summed E-state index contributed by atoms with van der Waals surface area (Å²) in [5, 5.41) is 12.9. The van der Waals surface area contributed by atoms with E-state index in [0.717, 1.165) is 15.0 Å². The Bertz CT molecular complexity index is 635. The molecule has 3 rings (SSSR count). The van der Waals surface area contributed by atoms with Crippen molar-refractivity contribution in [3.63, 3.8) is 0 Å². The molecular weight excluding hydrogens is 240 g/mol. The van der Waals surface area contributed by atoms with Gasteiger partial charge in [0.05, 0.1) is 5.56 Å². The summed E-state index contributed by atoms with van der Waals surface area (Å²) in [4.78, 5) is 24.0. The third kappa shape index (κ3) is 1.38. The van der Waals surface area contributed by atoms with Gasteiger partial charge in [-0.1, -0.05) is 18.2 Å². The molecule has 2 aromatic rings. The number of nitrogens with one attached hydrogen (secondary N) is 1. The minimum Gasteiger partial charge on any atom is -0.465 e. The topological polar surface area (TPSA) is 69.6 Å².